The summed E-state index contributed by atoms with van der Waals surface area (Å²) >= 11 is 0. The lowest BCUT2D eigenvalue weighted by atomic mass is 9.98. The first-order chi connectivity index (χ1) is 22.6. The highest BCUT2D eigenvalue weighted by Gasteiger charge is 2.28. The number of nitrogens with one attached hydrogen (secondary N) is 1. The van der Waals surface area contributed by atoms with Crippen LogP contribution in [0.2, 0.25) is 0 Å². The van der Waals surface area contributed by atoms with Gasteiger partial charge in [0.15, 0.2) is 0 Å². The van der Waals surface area contributed by atoms with E-state index in [1.165, 1.54) is 22.3 Å². The molecule has 0 atom stereocenters. The van der Waals surface area contributed by atoms with Crippen molar-refractivity contribution in [3.8, 4) is 11.1 Å². The van der Waals surface area contributed by atoms with E-state index in [2.05, 4.69) is 29.6 Å². The Labute approximate surface area is 270 Å². The molecule has 0 heterocycles. The summed E-state index contributed by atoms with van der Waals surface area (Å²) in [4.78, 5) is 34.1. The molecule has 2 aromatic rings. The van der Waals surface area contributed by atoms with Gasteiger partial charge in [0.2, 0.25) is 0 Å². The van der Waals surface area contributed by atoms with Gasteiger partial charge in [-0.25, -0.2) is 4.79 Å². The van der Waals surface area contributed by atoms with Crippen LogP contribution in [0.1, 0.15) is 49.1 Å². The minimum absolute atomic E-state index is 0.0419. The first kappa shape index (κ1) is 36.9. The van der Waals surface area contributed by atoms with Gasteiger partial charge in [-0.2, -0.15) is 0 Å². The van der Waals surface area contributed by atoms with Crippen molar-refractivity contribution in [2.24, 2.45) is 0 Å². The van der Waals surface area contributed by atoms with E-state index < -0.39 is 12.1 Å². The molecule has 0 radical (unpaired) electrons. The van der Waals surface area contributed by atoms with Crippen LogP contribution in [-0.4, -0.2) is 109 Å². The van der Waals surface area contributed by atoms with Crippen molar-refractivity contribution in [1.29, 1.82) is 0 Å². The summed E-state index contributed by atoms with van der Waals surface area (Å²) in [5.74, 6) is -1.17. The molecule has 0 unspecified atom stereocenters. The third-order valence-electron chi connectivity index (χ3n) is 7.08. The number of carbonyl (C=O) groups is 3. The lowest BCUT2D eigenvalue weighted by Gasteiger charge is -2.14. The maximum Gasteiger partial charge on any atom is 0.407 e. The van der Waals surface area contributed by atoms with Gasteiger partial charge in [0.1, 0.15) is 13.2 Å². The lowest BCUT2D eigenvalue weighted by Crippen LogP contribution is -2.27. The molecule has 1 aliphatic carbocycles. The van der Waals surface area contributed by atoms with Gasteiger partial charge in [0, 0.05) is 31.9 Å². The van der Waals surface area contributed by atoms with Gasteiger partial charge in [-0.05, 0) is 41.5 Å². The number of carboxylic acids is 1. The van der Waals surface area contributed by atoms with E-state index in [-0.39, 0.29) is 37.9 Å². The molecule has 1 aliphatic rings. The predicted molar refractivity (Wildman–Crippen MR) is 169 cm³/mol. The summed E-state index contributed by atoms with van der Waals surface area (Å²) in [5.41, 5.74) is 4.77. The molecule has 2 N–H and O–H groups in total. The zero-order chi connectivity index (χ0) is 32.7. The van der Waals surface area contributed by atoms with Gasteiger partial charge in [0.05, 0.1) is 59.5 Å². The number of rotatable bonds is 26. The summed E-state index contributed by atoms with van der Waals surface area (Å²) in [6.45, 7) is 5.18. The molecule has 46 heavy (non-hydrogen) atoms. The molecule has 12 heteroatoms. The van der Waals surface area contributed by atoms with Crippen molar-refractivity contribution in [3.05, 3.63) is 59.7 Å². The van der Waals surface area contributed by atoms with E-state index in [0.29, 0.717) is 91.9 Å². The fourth-order valence-corrected chi connectivity index (χ4v) is 4.83. The minimum atomic E-state index is -0.865. The highest BCUT2D eigenvalue weighted by molar-refractivity contribution is 5.79. The number of amides is 1. The summed E-state index contributed by atoms with van der Waals surface area (Å²) in [7, 11) is 0. The first-order valence-electron chi connectivity index (χ1n) is 15.9. The summed E-state index contributed by atoms with van der Waals surface area (Å²) < 4.78 is 37.8. The number of benzene rings is 2. The third kappa shape index (κ3) is 14.7. The van der Waals surface area contributed by atoms with Gasteiger partial charge >= 0.3 is 18.0 Å². The molecule has 0 saturated carbocycles. The Morgan fingerprint density at radius 1 is 0.587 bits per heavy atom. The van der Waals surface area contributed by atoms with Crippen LogP contribution in [0.15, 0.2) is 48.5 Å². The number of unbranched alkanes of at least 4 members (excludes halogenated alkanes) is 1. The quantitative estimate of drug-likeness (QED) is 0.112. The number of hydrogen-bond donors (Lipinski definition) is 2. The Balaban J connectivity index is 1.02. The third-order valence-corrected chi connectivity index (χ3v) is 7.08. The number of hydrogen-bond acceptors (Lipinski definition) is 10. The number of esters is 1. The van der Waals surface area contributed by atoms with E-state index in [9.17, 15) is 14.4 Å². The molecule has 2 aromatic carbocycles. The van der Waals surface area contributed by atoms with Crippen LogP contribution < -0.4 is 5.32 Å². The van der Waals surface area contributed by atoms with Crippen LogP contribution in [0.25, 0.3) is 11.1 Å². The average molecular weight is 646 g/mol. The Kier molecular flexibility index (Phi) is 18.4. The van der Waals surface area contributed by atoms with Crippen molar-refractivity contribution in [2.45, 2.75) is 38.0 Å². The molecular weight excluding hydrogens is 598 g/mol. The van der Waals surface area contributed by atoms with E-state index in [0.717, 1.165) is 0 Å². The molecule has 3 rings (SSSR count). The average Bonchev–Trinajstić information content (AvgIpc) is 3.38. The Bertz CT molecular complexity index is 1130. The first-order valence-corrected chi connectivity index (χ1v) is 15.9. The monoisotopic (exact) mass is 645 g/mol. The van der Waals surface area contributed by atoms with Gasteiger partial charge in [-0.3, -0.25) is 9.59 Å². The van der Waals surface area contributed by atoms with E-state index in [1.807, 2.05) is 24.3 Å². The molecule has 0 saturated heterocycles. The topological polar surface area (TPSA) is 148 Å². The molecular formula is C34H47NO11. The summed E-state index contributed by atoms with van der Waals surface area (Å²) in [5, 5.41) is 11.3. The fourth-order valence-electron chi connectivity index (χ4n) is 4.83. The van der Waals surface area contributed by atoms with Crippen LogP contribution in [0, 0.1) is 0 Å². The Hall–Kier alpha value is -3.55. The van der Waals surface area contributed by atoms with Crippen LogP contribution in [-0.2, 0) is 42.7 Å². The highest BCUT2D eigenvalue weighted by atomic mass is 16.6. The molecule has 0 fully saturated rings. The van der Waals surface area contributed by atoms with Gasteiger partial charge < -0.3 is 43.6 Å². The number of aliphatic carboxylic acids is 1. The molecule has 0 spiro atoms. The van der Waals surface area contributed by atoms with E-state index in [1.54, 1.807) is 0 Å². The molecule has 1 amide bonds. The molecule has 0 aromatic heterocycles. The number of alkyl carbamates (subject to hydrolysis) is 1. The fraction of sp³-hybridized carbons (Fsp3) is 0.559. The molecule has 0 bridgehead atoms. The van der Waals surface area contributed by atoms with Crippen LogP contribution >= 0.6 is 0 Å². The maximum absolute atomic E-state index is 12.2. The minimum Gasteiger partial charge on any atom is -0.481 e. The van der Waals surface area contributed by atoms with Gasteiger partial charge in [0.25, 0.3) is 0 Å². The van der Waals surface area contributed by atoms with E-state index >= 15 is 0 Å². The van der Waals surface area contributed by atoms with Crippen molar-refractivity contribution in [1.82, 2.24) is 5.32 Å². The van der Waals surface area contributed by atoms with Crippen molar-refractivity contribution >= 4 is 18.0 Å². The van der Waals surface area contributed by atoms with Crippen molar-refractivity contribution < 1.29 is 52.6 Å². The van der Waals surface area contributed by atoms with Gasteiger partial charge in [-0.15, -0.1) is 0 Å². The number of carboxylic acid groups (broad SMARTS) is 1. The second-order valence-electron chi connectivity index (χ2n) is 10.5. The van der Waals surface area contributed by atoms with Crippen molar-refractivity contribution in [2.75, 3.05) is 85.8 Å². The van der Waals surface area contributed by atoms with Crippen LogP contribution in [0.5, 0.6) is 0 Å². The summed E-state index contributed by atoms with van der Waals surface area (Å²) in [6, 6.07) is 16.5. The molecule has 12 nitrogen and oxygen atoms in total. The van der Waals surface area contributed by atoms with Gasteiger partial charge in [-0.1, -0.05) is 48.5 Å². The second-order valence-corrected chi connectivity index (χ2v) is 10.5. The zero-order valence-electron chi connectivity index (χ0n) is 26.5. The smallest absolute Gasteiger partial charge is 0.407 e. The van der Waals surface area contributed by atoms with Crippen LogP contribution in [0.3, 0.4) is 0 Å². The number of ether oxygens (including phenoxy) is 7. The maximum atomic E-state index is 12.2. The standard InChI is InChI=1S/C34H47NO11/c36-32(37)12-5-6-13-33(38)45-25-24-44-23-22-43-21-20-42-19-18-41-17-16-40-15-7-14-35-34(39)46-26-31-29-10-3-1-8-27(29)28-9-2-4-11-30(28)31/h1-4,8-11,31H,5-7,12-26H2,(H,35,39)(H,36,37). The lowest BCUT2D eigenvalue weighted by molar-refractivity contribution is -0.146. The highest BCUT2D eigenvalue weighted by Crippen LogP contribution is 2.44. The van der Waals surface area contributed by atoms with E-state index in [4.69, 9.17) is 38.3 Å². The zero-order valence-corrected chi connectivity index (χ0v) is 26.5. The Morgan fingerprint density at radius 3 is 1.61 bits per heavy atom. The van der Waals surface area contributed by atoms with Crippen LogP contribution in [0.4, 0.5) is 4.79 Å². The molecule has 254 valence electrons. The van der Waals surface area contributed by atoms with Crippen molar-refractivity contribution in [3.63, 3.8) is 0 Å². The normalized spacial score (nSPS) is 12.0. The molecule has 0 aliphatic heterocycles. The Morgan fingerprint density at radius 2 is 1.07 bits per heavy atom. The largest absolute Gasteiger partial charge is 0.481 e. The predicted octanol–water partition coefficient (Wildman–Crippen LogP) is 4.19. The number of carbonyl (C=O) groups excluding carboxylic acids is 2. The second kappa shape index (κ2) is 22.9. The SMILES string of the molecule is O=C(O)CCCCC(=O)OCCOCCOCCOCCOCCOCCCNC(=O)OCC1c2ccccc2-c2ccccc21. The summed E-state index contributed by atoms with van der Waals surface area (Å²) in [6.07, 6.45) is 1.47. The number of fused-ring (bicyclic) bond motifs is 3.